The monoisotopic (exact) mass is 421 g/mol. The van der Waals surface area contributed by atoms with E-state index in [1.807, 2.05) is 44.2 Å². The van der Waals surface area contributed by atoms with Gasteiger partial charge in [-0.25, -0.2) is 4.79 Å². The third-order valence-electron chi connectivity index (χ3n) is 5.90. The Balaban J connectivity index is 1.53. The van der Waals surface area contributed by atoms with Crippen LogP contribution in [0.5, 0.6) is 5.75 Å². The summed E-state index contributed by atoms with van der Waals surface area (Å²) in [5.74, 6) is 0.0632. The van der Waals surface area contributed by atoms with Crippen LogP contribution in [0.4, 0.5) is 4.79 Å². The smallest absolute Gasteiger partial charge is 0.325 e. The molecule has 31 heavy (non-hydrogen) atoms. The Morgan fingerprint density at radius 2 is 1.87 bits per heavy atom. The number of benzene rings is 2. The second-order valence-corrected chi connectivity index (χ2v) is 8.15. The summed E-state index contributed by atoms with van der Waals surface area (Å²) >= 11 is 0. The number of likely N-dealkylation sites (tertiary alicyclic amines) is 1. The average molecular weight is 421 g/mol. The molecule has 2 aliphatic heterocycles. The van der Waals surface area contributed by atoms with Gasteiger partial charge in [0.2, 0.25) is 0 Å². The molecule has 0 saturated carbocycles. The van der Waals surface area contributed by atoms with Crippen LogP contribution in [-0.2, 0) is 11.3 Å². The number of imide groups is 1. The van der Waals surface area contributed by atoms with Gasteiger partial charge in [-0.2, -0.15) is 0 Å². The van der Waals surface area contributed by atoms with Crippen molar-refractivity contribution in [1.82, 2.24) is 15.1 Å². The number of hydrogen-bond donors (Lipinski definition) is 1. The molecule has 1 atom stereocenters. The van der Waals surface area contributed by atoms with Crippen LogP contribution in [-0.4, -0.2) is 52.9 Å². The van der Waals surface area contributed by atoms with E-state index in [4.69, 9.17) is 4.74 Å². The first kappa shape index (κ1) is 20.9. The van der Waals surface area contributed by atoms with Crippen molar-refractivity contribution in [2.24, 2.45) is 0 Å². The normalized spacial score (nSPS) is 20.8. The van der Waals surface area contributed by atoms with Crippen molar-refractivity contribution < 1.29 is 19.1 Å². The number of urea groups is 1. The molecule has 2 saturated heterocycles. The van der Waals surface area contributed by atoms with Gasteiger partial charge < -0.3 is 15.0 Å². The molecule has 2 aromatic rings. The molecule has 1 N–H and O–H groups in total. The molecule has 4 rings (SSSR count). The van der Waals surface area contributed by atoms with Gasteiger partial charge in [0.1, 0.15) is 11.3 Å². The molecule has 0 aliphatic carbocycles. The minimum Gasteiger partial charge on any atom is -0.493 e. The van der Waals surface area contributed by atoms with Crippen molar-refractivity contribution in [2.75, 3.05) is 19.7 Å². The summed E-state index contributed by atoms with van der Waals surface area (Å²) in [5, 5.41) is 2.89. The first-order valence-corrected chi connectivity index (χ1v) is 10.6. The highest BCUT2D eigenvalue weighted by molar-refractivity contribution is 6.08. The van der Waals surface area contributed by atoms with E-state index in [2.05, 4.69) is 5.32 Å². The molecule has 2 fully saturated rings. The predicted octanol–water partition coefficient (Wildman–Crippen LogP) is 3.12. The Hall–Kier alpha value is -3.35. The molecule has 0 aromatic heterocycles. The first-order chi connectivity index (χ1) is 14.9. The van der Waals surface area contributed by atoms with Crippen LogP contribution in [0.25, 0.3) is 0 Å². The zero-order chi connectivity index (χ0) is 22.0. The standard InChI is InChI=1S/C24H27N3O4/c1-3-31-20-8-5-4-7-19(20)21(28)26-14-6-13-24(16-26)22(29)27(23(30)25-24)15-18-11-9-17(2)10-12-18/h4-5,7-12H,3,6,13-16H2,1-2H3,(H,25,30)/t24-/m1/s1. The number of rotatable bonds is 5. The minimum absolute atomic E-state index is 0.154. The van der Waals surface area contributed by atoms with Gasteiger partial charge >= 0.3 is 6.03 Å². The Morgan fingerprint density at radius 3 is 2.61 bits per heavy atom. The fourth-order valence-electron chi connectivity index (χ4n) is 4.30. The van der Waals surface area contributed by atoms with Gasteiger partial charge in [0.15, 0.2) is 0 Å². The van der Waals surface area contributed by atoms with Crippen LogP contribution >= 0.6 is 0 Å². The fraction of sp³-hybridized carbons (Fsp3) is 0.375. The van der Waals surface area contributed by atoms with Crippen molar-refractivity contribution in [1.29, 1.82) is 0 Å². The van der Waals surface area contributed by atoms with Crippen LogP contribution in [0.1, 0.15) is 41.3 Å². The summed E-state index contributed by atoms with van der Waals surface area (Å²) < 4.78 is 5.60. The summed E-state index contributed by atoms with van der Waals surface area (Å²) in [4.78, 5) is 42.1. The highest BCUT2D eigenvalue weighted by atomic mass is 16.5. The summed E-state index contributed by atoms with van der Waals surface area (Å²) in [7, 11) is 0. The number of para-hydroxylation sites is 1. The fourth-order valence-corrected chi connectivity index (χ4v) is 4.30. The Bertz CT molecular complexity index is 1000. The number of amides is 4. The average Bonchev–Trinajstić information content (AvgIpc) is 2.99. The molecule has 2 aliphatic rings. The van der Waals surface area contributed by atoms with Crippen LogP contribution < -0.4 is 10.1 Å². The first-order valence-electron chi connectivity index (χ1n) is 10.6. The summed E-state index contributed by atoms with van der Waals surface area (Å²) in [6.07, 6.45) is 1.14. The van der Waals surface area contributed by atoms with Crippen LogP contribution in [0.2, 0.25) is 0 Å². The minimum atomic E-state index is -1.07. The molecule has 162 valence electrons. The molecule has 2 heterocycles. The van der Waals surface area contributed by atoms with E-state index >= 15 is 0 Å². The number of ether oxygens (including phenoxy) is 1. The molecular weight excluding hydrogens is 394 g/mol. The van der Waals surface area contributed by atoms with E-state index in [1.54, 1.807) is 23.1 Å². The maximum atomic E-state index is 13.3. The van der Waals surface area contributed by atoms with Gasteiger partial charge in [-0.1, -0.05) is 42.0 Å². The second kappa shape index (κ2) is 8.41. The highest BCUT2D eigenvalue weighted by Crippen LogP contribution is 2.31. The van der Waals surface area contributed by atoms with Crippen LogP contribution in [0.3, 0.4) is 0 Å². The number of carbonyl (C=O) groups is 3. The maximum absolute atomic E-state index is 13.3. The van der Waals surface area contributed by atoms with E-state index in [1.165, 1.54) is 4.90 Å². The highest BCUT2D eigenvalue weighted by Gasteiger charge is 2.53. The van der Waals surface area contributed by atoms with E-state index in [-0.39, 0.29) is 24.9 Å². The van der Waals surface area contributed by atoms with Crippen molar-refractivity contribution in [3.63, 3.8) is 0 Å². The lowest BCUT2D eigenvalue weighted by Gasteiger charge is -2.38. The third-order valence-corrected chi connectivity index (χ3v) is 5.90. The number of nitrogens with one attached hydrogen (secondary N) is 1. The number of nitrogens with zero attached hydrogens (tertiary/aromatic N) is 2. The van der Waals surface area contributed by atoms with Gasteiger partial charge in [0.25, 0.3) is 11.8 Å². The van der Waals surface area contributed by atoms with Gasteiger partial charge in [-0.15, -0.1) is 0 Å². The molecule has 7 nitrogen and oxygen atoms in total. The second-order valence-electron chi connectivity index (χ2n) is 8.15. The summed E-state index contributed by atoms with van der Waals surface area (Å²) in [6, 6.07) is 14.5. The number of aryl methyl sites for hydroxylation is 1. The summed E-state index contributed by atoms with van der Waals surface area (Å²) in [5.41, 5.74) is 1.40. The number of hydrogen-bond acceptors (Lipinski definition) is 4. The maximum Gasteiger partial charge on any atom is 0.325 e. The van der Waals surface area contributed by atoms with E-state index in [0.717, 1.165) is 11.1 Å². The third kappa shape index (κ3) is 4.00. The quantitative estimate of drug-likeness (QED) is 0.753. The number of carbonyl (C=O) groups excluding carboxylic acids is 3. The lowest BCUT2D eigenvalue weighted by molar-refractivity contribution is -0.133. The Kier molecular flexibility index (Phi) is 5.67. The zero-order valence-corrected chi connectivity index (χ0v) is 17.9. The lowest BCUT2D eigenvalue weighted by Crippen LogP contribution is -2.59. The van der Waals surface area contributed by atoms with E-state index in [9.17, 15) is 14.4 Å². The SMILES string of the molecule is CCOc1ccccc1C(=O)N1CCC[C@]2(C1)NC(=O)N(Cc1ccc(C)cc1)C2=O. The van der Waals surface area contributed by atoms with Crippen molar-refractivity contribution in [3.8, 4) is 5.75 Å². The van der Waals surface area contributed by atoms with Crippen molar-refractivity contribution in [3.05, 3.63) is 65.2 Å². The van der Waals surface area contributed by atoms with Gasteiger partial charge in [0.05, 0.1) is 25.3 Å². The lowest BCUT2D eigenvalue weighted by atomic mass is 9.88. The van der Waals surface area contributed by atoms with Crippen molar-refractivity contribution >= 4 is 17.8 Å². The van der Waals surface area contributed by atoms with E-state index in [0.29, 0.717) is 37.3 Å². The number of piperidine rings is 1. The largest absolute Gasteiger partial charge is 0.493 e. The zero-order valence-electron chi connectivity index (χ0n) is 17.9. The van der Waals surface area contributed by atoms with Gasteiger partial charge in [0, 0.05) is 6.54 Å². The molecule has 7 heteroatoms. The van der Waals surface area contributed by atoms with Crippen molar-refractivity contribution in [2.45, 2.75) is 38.8 Å². The molecule has 0 radical (unpaired) electrons. The van der Waals surface area contributed by atoms with Gasteiger partial charge in [-0.3, -0.25) is 14.5 Å². The Morgan fingerprint density at radius 1 is 1.13 bits per heavy atom. The molecule has 0 unspecified atom stereocenters. The predicted molar refractivity (Wildman–Crippen MR) is 116 cm³/mol. The van der Waals surface area contributed by atoms with E-state index < -0.39 is 11.6 Å². The topological polar surface area (TPSA) is 79.0 Å². The molecule has 0 bridgehead atoms. The molecule has 1 spiro atoms. The molecule has 2 aromatic carbocycles. The summed E-state index contributed by atoms with van der Waals surface area (Å²) in [6.45, 7) is 5.21. The van der Waals surface area contributed by atoms with Crippen LogP contribution in [0, 0.1) is 6.92 Å². The Labute approximate surface area is 182 Å². The van der Waals surface area contributed by atoms with Gasteiger partial charge in [-0.05, 0) is 44.4 Å². The molecule has 4 amide bonds. The van der Waals surface area contributed by atoms with Crippen LogP contribution in [0.15, 0.2) is 48.5 Å². The molecular formula is C24H27N3O4.